The van der Waals surface area contributed by atoms with Crippen molar-refractivity contribution >= 4 is 68.1 Å². The van der Waals surface area contributed by atoms with Crippen LogP contribution in [0.3, 0.4) is 0 Å². The summed E-state index contributed by atoms with van der Waals surface area (Å²) in [6.07, 6.45) is 1.95. The molecule has 0 amide bonds. The van der Waals surface area contributed by atoms with Gasteiger partial charge in [0, 0.05) is 11.1 Å². The predicted molar refractivity (Wildman–Crippen MR) is 286 cm³/mol. The summed E-state index contributed by atoms with van der Waals surface area (Å²) in [5.41, 5.74) is 16.5. The van der Waals surface area contributed by atoms with Crippen molar-refractivity contribution in [2.75, 3.05) is 21.4 Å². The molecule has 68 heavy (non-hydrogen) atoms. The minimum atomic E-state index is -0.631. The van der Waals surface area contributed by atoms with Gasteiger partial charge in [-0.1, -0.05) is 124 Å². The molecule has 0 spiro atoms. The van der Waals surface area contributed by atoms with Crippen molar-refractivity contribution in [1.29, 1.82) is 0 Å². The van der Waals surface area contributed by atoms with Gasteiger partial charge in [0.05, 0.1) is 0 Å². The van der Waals surface area contributed by atoms with Crippen molar-refractivity contribution in [3.05, 3.63) is 218 Å². The number of hydrogen-bond acceptors (Lipinski definition) is 5. The molecule has 0 radical (unpaired) electrons. The van der Waals surface area contributed by atoms with E-state index in [0.717, 1.165) is 34.4 Å². The number of aromatic nitrogens is 1. The first-order valence-electron chi connectivity index (χ1n) is 23.5. The zero-order chi connectivity index (χ0) is 46.6. The van der Waals surface area contributed by atoms with Crippen LogP contribution in [0.2, 0.25) is 0 Å². The molecule has 3 heterocycles. The third-order valence-corrected chi connectivity index (χ3v) is 16.3. The van der Waals surface area contributed by atoms with Gasteiger partial charge in [-0.15, -0.1) is 0 Å². The van der Waals surface area contributed by atoms with Crippen LogP contribution in [0.4, 0.5) is 39.9 Å². The molecule has 0 bridgehead atoms. The molecule has 1 aromatic heterocycles. The van der Waals surface area contributed by atoms with Crippen LogP contribution in [0.5, 0.6) is 11.5 Å². The van der Waals surface area contributed by atoms with Crippen LogP contribution in [-0.4, -0.2) is 32.6 Å². The molecule has 9 aromatic rings. The summed E-state index contributed by atoms with van der Waals surface area (Å²) in [7, 11) is 0. The van der Waals surface area contributed by atoms with E-state index < -0.39 is 20.9 Å². The second-order valence-corrected chi connectivity index (χ2v) is 22.8. The normalized spacial score (nSPS) is 13.2. The van der Waals surface area contributed by atoms with Crippen molar-refractivity contribution in [2.24, 2.45) is 0 Å². The van der Waals surface area contributed by atoms with E-state index in [-0.39, 0.29) is 10.8 Å². The Morgan fingerprint density at radius 3 is 1.85 bits per heavy atom. The summed E-state index contributed by atoms with van der Waals surface area (Å²) in [4.78, 5) is 12.3. The van der Waals surface area contributed by atoms with Crippen molar-refractivity contribution in [2.45, 2.75) is 52.4 Å². The van der Waals surface area contributed by atoms with E-state index in [2.05, 4.69) is 256 Å². The Bertz CT molecular complexity index is 3320. The summed E-state index contributed by atoms with van der Waals surface area (Å²) in [6.45, 7) is 14.3. The van der Waals surface area contributed by atoms with Crippen LogP contribution < -0.4 is 26.7 Å². The SMILES string of the molecule is CC(C)(C)c1ccnc(N2c3ccccc3[Te]c3ccc(Oc4cccc(N5CN(c6c(-c7ccccc7)cccc6-c6cccc(-c7ccccc7)c6)c6ccc(C(C)(C)C)cc65)c4)cc32)c1. The number of benzene rings is 8. The van der Waals surface area contributed by atoms with Gasteiger partial charge in [-0.25, -0.2) is 0 Å². The molecule has 0 saturated heterocycles. The van der Waals surface area contributed by atoms with E-state index in [1.165, 1.54) is 68.8 Å². The maximum absolute atomic E-state index is 6.90. The van der Waals surface area contributed by atoms with Gasteiger partial charge in [0.15, 0.2) is 0 Å². The number of fused-ring (bicyclic) bond motifs is 3. The first-order valence-corrected chi connectivity index (χ1v) is 25.8. The number of ether oxygens (including phenoxy) is 1. The maximum atomic E-state index is 6.90. The van der Waals surface area contributed by atoms with Crippen LogP contribution in [0.15, 0.2) is 206 Å². The van der Waals surface area contributed by atoms with E-state index >= 15 is 0 Å². The molecular weight excluding hydrogens is 944 g/mol. The third kappa shape index (κ3) is 8.34. The molecule has 2 aliphatic rings. The summed E-state index contributed by atoms with van der Waals surface area (Å²) in [5.74, 6) is 2.50. The number of hydrogen-bond donors (Lipinski definition) is 0. The zero-order valence-electron chi connectivity index (χ0n) is 39.4. The molecule has 2 aliphatic heterocycles. The van der Waals surface area contributed by atoms with Crippen LogP contribution in [-0.2, 0) is 10.8 Å². The third-order valence-electron chi connectivity index (χ3n) is 13.1. The molecule has 0 N–H and O–H groups in total. The molecule has 0 saturated carbocycles. The van der Waals surface area contributed by atoms with E-state index in [4.69, 9.17) is 9.72 Å². The van der Waals surface area contributed by atoms with Crippen molar-refractivity contribution in [3.63, 3.8) is 0 Å². The van der Waals surface area contributed by atoms with Gasteiger partial charge in [0.2, 0.25) is 0 Å². The average molecular weight is 999 g/mol. The topological polar surface area (TPSA) is 31.8 Å². The fraction of sp³-hybridized carbons (Fsp3) is 0.145. The monoisotopic (exact) mass is 1000 g/mol. The predicted octanol–water partition coefficient (Wildman–Crippen LogP) is 15.2. The van der Waals surface area contributed by atoms with Gasteiger partial charge >= 0.3 is 245 Å². The van der Waals surface area contributed by atoms with E-state index in [0.29, 0.717) is 6.67 Å². The molecular formula is C62H54N4OTe. The summed E-state index contributed by atoms with van der Waals surface area (Å²) in [6, 6.07) is 72.6. The Hall–Kier alpha value is -7.10. The number of anilines is 7. The molecule has 0 unspecified atom stereocenters. The van der Waals surface area contributed by atoms with E-state index in [1.54, 1.807) is 0 Å². The van der Waals surface area contributed by atoms with Crippen molar-refractivity contribution < 1.29 is 4.74 Å². The first kappa shape index (κ1) is 43.5. The van der Waals surface area contributed by atoms with Crippen LogP contribution in [0.25, 0.3) is 33.4 Å². The summed E-state index contributed by atoms with van der Waals surface area (Å²) in [5, 5.41) is 0. The van der Waals surface area contributed by atoms with E-state index in [9.17, 15) is 0 Å². The van der Waals surface area contributed by atoms with Gasteiger partial charge in [0.25, 0.3) is 0 Å². The molecule has 0 fully saturated rings. The molecule has 334 valence electrons. The van der Waals surface area contributed by atoms with Gasteiger partial charge in [-0.05, 0) is 33.7 Å². The number of pyridine rings is 1. The summed E-state index contributed by atoms with van der Waals surface area (Å²) >= 11 is -0.631. The Labute approximate surface area is 411 Å². The van der Waals surface area contributed by atoms with Gasteiger partial charge in [-0.3, -0.25) is 0 Å². The van der Waals surface area contributed by atoms with Gasteiger partial charge < -0.3 is 0 Å². The molecule has 6 heteroatoms. The fourth-order valence-corrected chi connectivity index (χ4v) is 12.4. The second-order valence-electron chi connectivity index (χ2n) is 19.8. The first-order chi connectivity index (χ1) is 33.0. The Morgan fingerprint density at radius 1 is 0.441 bits per heavy atom. The average Bonchev–Trinajstić information content (AvgIpc) is 3.74. The number of para-hydroxylation sites is 2. The Kier molecular flexibility index (Phi) is 11.2. The van der Waals surface area contributed by atoms with Crippen LogP contribution >= 0.6 is 0 Å². The Balaban J connectivity index is 0.993. The minimum absolute atomic E-state index is 0.0107. The van der Waals surface area contributed by atoms with Crippen LogP contribution in [0.1, 0.15) is 52.7 Å². The second kappa shape index (κ2) is 17.5. The molecule has 0 atom stereocenters. The molecule has 11 rings (SSSR count). The van der Waals surface area contributed by atoms with Crippen molar-refractivity contribution in [1.82, 2.24) is 4.98 Å². The van der Waals surface area contributed by atoms with Crippen molar-refractivity contribution in [3.8, 4) is 44.9 Å². The van der Waals surface area contributed by atoms with Gasteiger partial charge in [0.1, 0.15) is 0 Å². The van der Waals surface area contributed by atoms with Gasteiger partial charge in [-0.2, -0.15) is 0 Å². The van der Waals surface area contributed by atoms with E-state index in [1.807, 2.05) is 6.20 Å². The Morgan fingerprint density at radius 2 is 1.07 bits per heavy atom. The summed E-state index contributed by atoms with van der Waals surface area (Å²) < 4.78 is 9.67. The fourth-order valence-electron chi connectivity index (χ4n) is 9.46. The number of nitrogens with zero attached hydrogens (tertiary/aromatic N) is 4. The standard InChI is InChI=1S/C62H54N4OTe/c1-61(2,3)46-30-32-53-55(37-46)64(41-65(53)60-51(43-20-11-8-12-21-43)26-17-27-52(60)45-23-15-22-44(36-45)42-18-9-7-10-19-42)48-24-16-25-49(39-48)67-50-31-33-58-56(40-50)66(54-28-13-14-29-57(54)68-58)59-38-47(34-35-63-59)62(4,5)6/h7-40H,41H2,1-6H3. The molecule has 5 nitrogen and oxygen atoms in total. The zero-order valence-corrected chi connectivity index (χ0v) is 41.8. The van der Waals surface area contributed by atoms with Crippen LogP contribution in [0, 0.1) is 0 Å². The molecule has 8 aromatic carbocycles. The number of rotatable bonds is 8. The quantitative estimate of drug-likeness (QED) is 0.142. The molecule has 0 aliphatic carbocycles.